The lowest BCUT2D eigenvalue weighted by molar-refractivity contribution is 0.0912. The van der Waals surface area contributed by atoms with Gasteiger partial charge < -0.3 is 10.4 Å². The van der Waals surface area contributed by atoms with Crippen molar-refractivity contribution in [3.05, 3.63) is 70.5 Å². The third kappa shape index (κ3) is 3.35. The van der Waals surface area contributed by atoms with Crippen LogP contribution < -0.4 is 5.32 Å². The van der Waals surface area contributed by atoms with Crippen molar-refractivity contribution < 1.29 is 14.3 Å². The number of benzene rings is 2. The van der Waals surface area contributed by atoms with E-state index in [4.69, 9.17) is 11.6 Å². The fourth-order valence-corrected chi connectivity index (χ4v) is 1.94. The number of hydrogen-bond donors (Lipinski definition) is 2. The summed E-state index contributed by atoms with van der Waals surface area (Å²) in [6, 6.07) is 11.8. The van der Waals surface area contributed by atoms with Crippen LogP contribution in [0.4, 0.5) is 4.39 Å². The van der Waals surface area contributed by atoms with Crippen molar-refractivity contribution in [2.45, 2.75) is 6.04 Å². The molecule has 2 N–H and O–H groups in total. The van der Waals surface area contributed by atoms with Crippen LogP contribution >= 0.6 is 11.6 Å². The quantitative estimate of drug-likeness (QED) is 0.910. The summed E-state index contributed by atoms with van der Waals surface area (Å²) < 4.78 is 13.5. The van der Waals surface area contributed by atoms with Crippen molar-refractivity contribution in [3.63, 3.8) is 0 Å². The van der Waals surface area contributed by atoms with Crippen LogP contribution in [0.2, 0.25) is 5.02 Å². The maximum atomic E-state index is 13.5. The Labute approximate surface area is 121 Å². The molecule has 0 aliphatic carbocycles. The van der Waals surface area contributed by atoms with Gasteiger partial charge in [-0.2, -0.15) is 0 Å². The second-order valence-corrected chi connectivity index (χ2v) is 4.68. The van der Waals surface area contributed by atoms with E-state index >= 15 is 0 Å². The van der Waals surface area contributed by atoms with Gasteiger partial charge in [-0.05, 0) is 29.8 Å². The van der Waals surface area contributed by atoms with Gasteiger partial charge in [0, 0.05) is 5.02 Å². The highest BCUT2D eigenvalue weighted by Crippen LogP contribution is 2.17. The Kier molecular flexibility index (Phi) is 4.71. The Balaban J connectivity index is 2.16. The Morgan fingerprint density at radius 1 is 1.20 bits per heavy atom. The van der Waals surface area contributed by atoms with Gasteiger partial charge in [-0.3, -0.25) is 4.79 Å². The number of carbonyl (C=O) groups excluding carboxylic acids is 1. The molecule has 1 atom stereocenters. The summed E-state index contributed by atoms with van der Waals surface area (Å²) in [4.78, 5) is 12.0. The first-order chi connectivity index (χ1) is 9.61. The summed E-state index contributed by atoms with van der Waals surface area (Å²) in [5.74, 6) is -1.17. The smallest absolute Gasteiger partial charge is 0.254 e. The van der Waals surface area contributed by atoms with Gasteiger partial charge in [0.25, 0.3) is 5.91 Å². The minimum atomic E-state index is -0.612. The van der Waals surface area contributed by atoms with Gasteiger partial charge in [-0.25, -0.2) is 4.39 Å². The van der Waals surface area contributed by atoms with Crippen LogP contribution in [0, 0.1) is 5.82 Å². The summed E-state index contributed by atoms with van der Waals surface area (Å²) in [6.07, 6.45) is 0. The maximum Gasteiger partial charge on any atom is 0.254 e. The third-order valence-electron chi connectivity index (χ3n) is 2.88. The van der Waals surface area contributed by atoms with Crippen LogP contribution in [0.15, 0.2) is 48.5 Å². The molecule has 0 aliphatic heterocycles. The highest BCUT2D eigenvalue weighted by Gasteiger charge is 2.17. The van der Waals surface area contributed by atoms with Crippen LogP contribution in [0.5, 0.6) is 0 Å². The number of rotatable bonds is 4. The fourth-order valence-electron chi connectivity index (χ4n) is 1.81. The molecule has 0 aliphatic rings. The van der Waals surface area contributed by atoms with Crippen molar-refractivity contribution >= 4 is 17.5 Å². The first-order valence-corrected chi connectivity index (χ1v) is 6.41. The predicted molar refractivity (Wildman–Crippen MR) is 75.1 cm³/mol. The van der Waals surface area contributed by atoms with E-state index < -0.39 is 17.8 Å². The Morgan fingerprint density at radius 3 is 2.45 bits per heavy atom. The van der Waals surface area contributed by atoms with Crippen molar-refractivity contribution in [3.8, 4) is 0 Å². The number of aliphatic hydroxyl groups is 1. The zero-order chi connectivity index (χ0) is 14.5. The minimum Gasteiger partial charge on any atom is -0.394 e. The highest BCUT2D eigenvalue weighted by molar-refractivity contribution is 6.30. The molecule has 0 aromatic heterocycles. The highest BCUT2D eigenvalue weighted by atomic mass is 35.5. The second kappa shape index (κ2) is 6.50. The lowest BCUT2D eigenvalue weighted by atomic mass is 10.1. The molecule has 2 rings (SSSR count). The van der Waals surface area contributed by atoms with Crippen molar-refractivity contribution in [2.75, 3.05) is 6.61 Å². The average Bonchev–Trinajstić information content (AvgIpc) is 2.46. The van der Waals surface area contributed by atoms with Gasteiger partial charge in [0.2, 0.25) is 0 Å². The Morgan fingerprint density at radius 2 is 1.85 bits per heavy atom. The van der Waals surface area contributed by atoms with Gasteiger partial charge in [-0.15, -0.1) is 0 Å². The van der Waals surface area contributed by atoms with E-state index in [1.807, 2.05) is 0 Å². The standard InChI is InChI=1S/C15H13ClFNO2/c16-11-7-5-10(6-8-11)14(9-19)18-15(20)12-3-1-2-4-13(12)17/h1-8,14,19H,9H2,(H,18,20). The molecule has 1 amide bonds. The molecule has 104 valence electrons. The molecule has 2 aromatic carbocycles. The number of aliphatic hydroxyl groups excluding tert-OH is 1. The van der Waals surface area contributed by atoms with E-state index in [9.17, 15) is 14.3 Å². The molecule has 0 saturated carbocycles. The van der Waals surface area contributed by atoms with Gasteiger partial charge >= 0.3 is 0 Å². The molecule has 0 spiro atoms. The van der Waals surface area contributed by atoms with E-state index in [0.29, 0.717) is 10.6 Å². The fraction of sp³-hybridized carbons (Fsp3) is 0.133. The Hall–Kier alpha value is -1.91. The topological polar surface area (TPSA) is 49.3 Å². The lowest BCUT2D eigenvalue weighted by Crippen LogP contribution is -2.31. The predicted octanol–water partition coefficient (Wildman–Crippen LogP) is 2.94. The van der Waals surface area contributed by atoms with Crippen LogP contribution in [-0.2, 0) is 0 Å². The number of halogens is 2. The molecule has 20 heavy (non-hydrogen) atoms. The molecule has 0 bridgehead atoms. The van der Waals surface area contributed by atoms with E-state index in [1.54, 1.807) is 30.3 Å². The first kappa shape index (κ1) is 14.5. The number of nitrogens with one attached hydrogen (secondary N) is 1. The molecule has 0 saturated heterocycles. The summed E-state index contributed by atoms with van der Waals surface area (Å²) in [5, 5.41) is 12.5. The third-order valence-corrected chi connectivity index (χ3v) is 3.13. The molecule has 5 heteroatoms. The molecular weight excluding hydrogens is 281 g/mol. The van der Waals surface area contributed by atoms with Crippen LogP contribution in [-0.4, -0.2) is 17.6 Å². The second-order valence-electron chi connectivity index (χ2n) is 4.24. The van der Waals surface area contributed by atoms with Crippen molar-refractivity contribution in [1.82, 2.24) is 5.32 Å². The maximum absolute atomic E-state index is 13.5. The normalized spacial score (nSPS) is 11.9. The van der Waals surface area contributed by atoms with E-state index in [0.717, 1.165) is 0 Å². The molecule has 3 nitrogen and oxygen atoms in total. The summed E-state index contributed by atoms with van der Waals surface area (Å²) in [7, 11) is 0. The Bertz CT molecular complexity index is 601. The molecular formula is C15H13ClFNO2. The monoisotopic (exact) mass is 293 g/mol. The van der Waals surface area contributed by atoms with Gasteiger partial charge in [0.15, 0.2) is 0 Å². The average molecular weight is 294 g/mol. The first-order valence-electron chi connectivity index (χ1n) is 6.03. The summed E-state index contributed by atoms with van der Waals surface area (Å²) >= 11 is 5.78. The number of amides is 1. The van der Waals surface area contributed by atoms with Crippen molar-refractivity contribution in [1.29, 1.82) is 0 Å². The van der Waals surface area contributed by atoms with E-state index in [-0.39, 0.29) is 12.2 Å². The van der Waals surface area contributed by atoms with Gasteiger partial charge in [-0.1, -0.05) is 35.9 Å². The minimum absolute atomic E-state index is 0.0556. The number of hydrogen-bond acceptors (Lipinski definition) is 2. The summed E-state index contributed by atoms with van der Waals surface area (Å²) in [5.41, 5.74) is 0.640. The lowest BCUT2D eigenvalue weighted by Gasteiger charge is -2.17. The molecule has 2 aromatic rings. The van der Waals surface area contributed by atoms with Crippen LogP contribution in [0.25, 0.3) is 0 Å². The molecule has 0 radical (unpaired) electrons. The molecule has 0 fully saturated rings. The SMILES string of the molecule is O=C(NC(CO)c1ccc(Cl)cc1)c1ccccc1F. The molecule has 1 unspecified atom stereocenters. The summed E-state index contributed by atoms with van der Waals surface area (Å²) in [6.45, 7) is -0.290. The zero-order valence-electron chi connectivity index (χ0n) is 10.5. The van der Waals surface area contributed by atoms with Crippen LogP contribution in [0.3, 0.4) is 0 Å². The molecule has 0 heterocycles. The zero-order valence-corrected chi connectivity index (χ0v) is 11.3. The number of carbonyl (C=O) groups is 1. The largest absolute Gasteiger partial charge is 0.394 e. The van der Waals surface area contributed by atoms with E-state index in [2.05, 4.69) is 5.32 Å². The van der Waals surface area contributed by atoms with Crippen LogP contribution in [0.1, 0.15) is 22.0 Å². The van der Waals surface area contributed by atoms with Gasteiger partial charge in [0.05, 0.1) is 18.2 Å². The van der Waals surface area contributed by atoms with Crippen molar-refractivity contribution in [2.24, 2.45) is 0 Å². The van der Waals surface area contributed by atoms with E-state index in [1.165, 1.54) is 18.2 Å². The van der Waals surface area contributed by atoms with Gasteiger partial charge in [0.1, 0.15) is 5.82 Å².